The molecule has 1 aliphatic rings. The second-order valence-electron chi connectivity index (χ2n) is 5.25. The molecule has 1 fully saturated rings. The Balaban J connectivity index is 1.75. The number of benzene rings is 2. The van der Waals surface area contributed by atoms with Gasteiger partial charge < -0.3 is 9.84 Å². The highest BCUT2D eigenvalue weighted by atomic mass is 32.2. The molecule has 0 unspecified atom stereocenters. The van der Waals surface area contributed by atoms with Crippen molar-refractivity contribution >= 4 is 51.9 Å². The summed E-state index contributed by atoms with van der Waals surface area (Å²) in [7, 11) is 0. The largest absolute Gasteiger partial charge is 0.482 e. The Morgan fingerprint density at radius 2 is 2.00 bits per heavy atom. The van der Waals surface area contributed by atoms with Crippen LogP contribution < -0.4 is 10.2 Å². The molecular formula is C18H14N2O4S2. The van der Waals surface area contributed by atoms with Gasteiger partial charge in [0.15, 0.2) is 10.9 Å². The van der Waals surface area contributed by atoms with E-state index in [-0.39, 0.29) is 5.91 Å². The molecule has 2 aromatic rings. The van der Waals surface area contributed by atoms with E-state index in [4.69, 9.17) is 22.1 Å². The number of ether oxygens (including phenoxy) is 1. The third-order valence-electron chi connectivity index (χ3n) is 3.33. The monoisotopic (exact) mass is 386 g/mol. The quantitative estimate of drug-likeness (QED) is 0.582. The van der Waals surface area contributed by atoms with E-state index in [9.17, 15) is 9.59 Å². The predicted octanol–water partition coefficient (Wildman–Crippen LogP) is 3.38. The SMILES string of the molecule is O=C(O)COc1cccc(/C=C2/SC(=S)N(Nc3ccccc3)C2=O)c1. The molecule has 8 heteroatoms. The van der Waals surface area contributed by atoms with Crippen LogP contribution in [0.3, 0.4) is 0 Å². The van der Waals surface area contributed by atoms with Crippen LogP contribution in [0.25, 0.3) is 6.08 Å². The maximum Gasteiger partial charge on any atom is 0.341 e. The smallest absolute Gasteiger partial charge is 0.341 e. The van der Waals surface area contributed by atoms with E-state index in [1.165, 1.54) is 16.8 Å². The zero-order chi connectivity index (χ0) is 18.5. The van der Waals surface area contributed by atoms with Crippen molar-refractivity contribution in [3.05, 3.63) is 65.1 Å². The summed E-state index contributed by atoms with van der Waals surface area (Å²) >= 11 is 6.47. The van der Waals surface area contributed by atoms with E-state index >= 15 is 0 Å². The molecule has 26 heavy (non-hydrogen) atoms. The molecule has 1 amide bonds. The third-order valence-corrected chi connectivity index (χ3v) is 4.63. The lowest BCUT2D eigenvalue weighted by Crippen LogP contribution is -2.33. The van der Waals surface area contributed by atoms with Gasteiger partial charge in [0.2, 0.25) is 0 Å². The average molecular weight is 386 g/mol. The molecule has 2 N–H and O–H groups in total. The van der Waals surface area contributed by atoms with Crippen LogP contribution in [0.15, 0.2) is 59.5 Å². The Morgan fingerprint density at radius 1 is 1.23 bits per heavy atom. The molecule has 0 atom stereocenters. The Morgan fingerprint density at radius 3 is 2.73 bits per heavy atom. The molecular weight excluding hydrogens is 372 g/mol. The number of hydrogen-bond donors (Lipinski definition) is 2. The molecule has 1 saturated heterocycles. The number of hydrogen-bond acceptors (Lipinski definition) is 6. The number of carboxylic acids is 1. The van der Waals surface area contributed by atoms with E-state index in [1.807, 2.05) is 30.3 Å². The van der Waals surface area contributed by atoms with Crippen molar-refractivity contribution < 1.29 is 19.4 Å². The van der Waals surface area contributed by atoms with E-state index in [0.29, 0.717) is 20.5 Å². The maximum absolute atomic E-state index is 12.6. The van der Waals surface area contributed by atoms with Crippen LogP contribution in [-0.2, 0) is 9.59 Å². The second-order valence-corrected chi connectivity index (χ2v) is 6.93. The first-order valence-electron chi connectivity index (χ1n) is 7.57. The van der Waals surface area contributed by atoms with Gasteiger partial charge in [-0.3, -0.25) is 10.2 Å². The maximum atomic E-state index is 12.6. The number of anilines is 1. The van der Waals surface area contributed by atoms with Crippen LogP contribution in [0.4, 0.5) is 5.69 Å². The van der Waals surface area contributed by atoms with Crippen LogP contribution in [0.2, 0.25) is 0 Å². The summed E-state index contributed by atoms with van der Waals surface area (Å²) in [5, 5.41) is 10.0. The summed E-state index contributed by atoms with van der Waals surface area (Å²) in [6, 6.07) is 16.1. The summed E-state index contributed by atoms with van der Waals surface area (Å²) in [5.74, 6) is -0.886. The molecule has 0 aliphatic carbocycles. The van der Waals surface area contributed by atoms with Crippen molar-refractivity contribution in [1.29, 1.82) is 0 Å². The second kappa shape index (κ2) is 8.03. The normalized spacial score (nSPS) is 15.4. The number of rotatable bonds is 6. The number of carboxylic acid groups (broad SMARTS) is 1. The fourth-order valence-electron chi connectivity index (χ4n) is 2.20. The van der Waals surface area contributed by atoms with Crippen LogP contribution in [0, 0.1) is 0 Å². The standard InChI is InChI=1S/C18H14N2O4S2/c21-16(22)11-24-14-8-4-5-12(9-14)10-15-17(23)20(18(25)26-15)19-13-6-2-1-3-7-13/h1-10,19H,11H2,(H,21,22)/b15-10+. The van der Waals surface area contributed by atoms with Crippen molar-refractivity contribution in [3.8, 4) is 5.75 Å². The van der Waals surface area contributed by atoms with Crippen molar-refractivity contribution in [2.45, 2.75) is 0 Å². The van der Waals surface area contributed by atoms with Gasteiger partial charge in [-0.1, -0.05) is 42.1 Å². The van der Waals surface area contributed by atoms with Gasteiger partial charge in [0.25, 0.3) is 5.91 Å². The molecule has 0 radical (unpaired) electrons. The summed E-state index contributed by atoms with van der Waals surface area (Å²) in [6.07, 6.45) is 1.69. The average Bonchev–Trinajstić information content (AvgIpc) is 2.89. The summed E-state index contributed by atoms with van der Waals surface area (Å²) in [4.78, 5) is 23.7. The Kier molecular flexibility index (Phi) is 5.55. The number of thioether (sulfide) groups is 1. The van der Waals surface area contributed by atoms with Crippen molar-refractivity contribution in [3.63, 3.8) is 0 Å². The highest BCUT2D eigenvalue weighted by Gasteiger charge is 2.32. The molecule has 2 aromatic carbocycles. The lowest BCUT2D eigenvalue weighted by molar-refractivity contribution is -0.139. The molecule has 0 bridgehead atoms. The first-order chi connectivity index (χ1) is 12.5. The number of amides is 1. The zero-order valence-electron chi connectivity index (χ0n) is 13.4. The van der Waals surface area contributed by atoms with E-state index in [2.05, 4.69) is 5.43 Å². The minimum Gasteiger partial charge on any atom is -0.482 e. The number of carbonyl (C=O) groups is 2. The molecule has 6 nitrogen and oxygen atoms in total. The molecule has 3 rings (SSSR count). The first-order valence-corrected chi connectivity index (χ1v) is 8.80. The Labute approximate surface area is 159 Å². The van der Waals surface area contributed by atoms with Gasteiger partial charge in [0.05, 0.1) is 10.6 Å². The number of nitrogens with one attached hydrogen (secondary N) is 1. The molecule has 0 aromatic heterocycles. The minimum atomic E-state index is -1.05. The number of nitrogens with zero attached hydrogens (tertiary/aromatic N) is 1. The zero-order valence-corrected chi connectivity index (χ0v) is 15.0. The number of hydrazine groups is 1. The lowest BCUT2D eigenvalue weighted by Gasteiger charge is -2.16. The van der Waals surface area contributed by atoms with E-state index < -0.39 is 12.6 Å². The summed E-state index contributed by atoms with van der Waals surface area (Å²) < 4.78 is 5.56. The van der Waals surface area contributed by atoms with Crippen molar-refractivity contribution in [2.75, 3.05) is 12.0 Å². The molecule has 1 aliphatic heterocycles. The van der Waals surface area contributed by atoms with Gasteiger partial charge in [0, 0.05) is 0 Å². The highest BCUT2D eigenvalue weighted by Crippen LogP contribution is 2.33. The van der Waals surface area contributed by atoms with Gasteiger partial charge >= 0.3 is 5.97 Å². The minimum absolute atomic E-state index is 0.249. The van der Waals surface area contributed by atoms with Crippen molar-refractivity contribution in [1.82, 2.24) is 5.01 Å². The van der Waals surface area contributed by atoms with Gasteiger partial charge in [-0.25, -0.2) is 9.80 Å². The molecule has 1 heterocycles. The van der Waals surface area contributed by atoms with Crippen LogP contribution >= 0.6 is 24.0 Å². The fourth-order valence-corrected chi connectivity index (χ4v) is 3.38. The molecule has 0 spiro atoms. The Bertz CT molecular complexity index is 884. The first kappa shape index (κ1) is 18.0. The van der Waals surface area contributed by atoms with Gasteiger partial charge in [-0.15, -0.1) is 0 Å². The Hall–Kier alpha value is -2.84. The number of carbonyl (C=O) groups excluding carboxylic acids is 1. The van der Waals surface area contributed by atoms with E-state index in [0.717, 1.165) is 5.69 Å². The fraction of sp³-hybridized carbons (Fsp3) is 0.0556. The van der Waals surface area contributed by atoms with Gasteiger partial charge in [-0.2, -0.15) is 0 Å². The molecule has 132 valence electrons. The number of thiocarbonyl (C=S) groups is 1. The predicted molar refractivity (Wildman–Crippen MR) is 105 cm³/mol. The molecule has 0 saturated carbocycles. The van der Waals surface area contributed by atoms with E-state index in [1.54, 1.807) is 30.3 Å². The summed E-state index contributed by atoms with van der Waals surface area (Å²) in [5.41, 5.74) is 4.47. The van der Waals surface area contributed by atoms with Crippen LogP contribution in [0.1, 0.15) is 5.56 Å². The van der Waals surface area contributed by atoms with Gasteiger partial charge in [-0.05, 0) is 48.1 Å². The lowest BCUT2D eigenvalue weighted by atomic mass is 10.2. The highest BCUT2D eigenvalue weighted by molar-refractivity contribution is 8.26. The van der Waals surface area contributed by atoms with Crippen LogP contribution in [-0.4, -0.2) is 32.9 Å². The third kappa shape index (κ3) is 4.41. The number of para-hydroxylation sites is 1. The van der Waals surface area contributed by atoms with Gasteiger partial charge in [0.1, 0.15) is 5.75 Å². The summed E-state index contributed by atoms with van der Waals surface area (Å²) in [6.45, 7) is -0.424. The van der Waals surface area contributed by atoms with Crippen molar-refractivity contribution in [2.24, 2.45) is 0 Å². The number of aliphatic carboxylic acids is 1. The topological polar surface area (TPSA) is 78.9 Å². The van der Waals surface area contributed by atoms with Crippen LogP contribution in [0.5, 0.6) is 5.75 Å².